The molecule has 0 bridgehead atoms. The number of hydrogen-bond acceptors (Lipinski definition) is 3. The van der Waals surface area contributed by atoms with Gasteiger partial charge in [-0.15, -0.1) is 6.58 Å². The first-order valence-corrected chi connectivity index (χ1v) is 7.69. The van der Waals surface area contributed by atoms with Gasteiger partial charge in [0.05, 0.1) is 11.9 Å². The Morgan fingerprint density at radius 1 is 1.35 bits per heavy atom. The Kier molecular flexibility index (Phi) is 7.29. The molecule has 0 spiro atoms. The topological polar surface area (TPSA) is 62.4 Å². The normalized spacial score (nSPS) is 13.6. The Labute approximate surface area is 139 Å². The Balaban J connectivity index is 3.33. The van der Waals surface area contributed by atoms with E-state index < -0.39 is 0 Å². The van der Waals surface area contributed by atoms with Crippen LogP contribution in [0.15, 0.2) is 54.2 Å². The Morgan fingerprint density at radius 2 is 2.04 bits per heavy atom. The van der Waals surface area contributed by atoms with Gasteiger partial charge in [0.2, 0.25) is 0 Å². The largest absolute Gasteiger partial charge is 0.387 e. The van der Waals surface area contributed by atoms with E-state index in [9.17, 15) is 0 Å². The van der Waals surface area contributed by atoms with Crippen LogP contribution in [0.25, 0.3) is 5.57 Å². The van der Waals surface area contributed by atoms with E-state index in [2.05, 4.69) is 47.0 Å². The van der Waals surface area contributed by atoms with Crippen molar-refractivity contribution < 1.29 is 0 Å². The van der Waals surface area contributed by atoms with Crippen LogP contribution in [0.2, 0.25) is 0 Å². The lowest BCUT2D eigenvalue weighted by Crippen LogP contribution is -2.19. The molecule has 1 aromatic carbocycles. The van der Waals surface area contributed by atoms with Gasteiger partial charge in [0.15, 0.2) is 0 Å². The van der Waals surface area contributed by atoms with Crippen molar-refractivity contribution in [1.82, 2.24) is 5.32 Å². The van der Waals surface area contributed by atoms with Crippen molar-refractivity contribution in [3.63, 3.8) is 0 Å². The highest BCUT2D eigenvalue weighted by molar-refractivity contribution is 5.79. The zero-order chi connectivity index (χ0) is 17.4. The van der Waals surface area contributed by atoms with E-state index in [1.54, 1.807) is 13.1 Å². The number of hydrogen-bond donors (Lipinski definition) is 3. The highest BCUT2D eigenvalue weighted by Crippen LogP contribution is 2.30. The summed E-state index contributed by atoms with van der Waals surface area (Å²) in [5, 5.41) is 6.70. The lowest BCUT2D eigenvalue weighted by Gasteiger charge is -2.22. The number of rotatable bonds is 8. The van der Waals surface area contributed by atoms with Gasteiger partial charge in [0.25, 0.3) is 0 Å². The number of aliphatic imine (C=N–C) groups is 1. The molecule has 0 saturated carbocycles. The Hall–Kier alpha value is -2.33. The average molecular weight is 312 g/mol. The van der Waals surface area contributed by atoms with E-state index in [0.29, 0.717) is 12.4 Å². The minimum absolute atomic E-state index is 0.0785. The molecule has 0 aliphatic carbocycles. The van der Waals surface area contributed by atoms with Crippen LogP contribution in [0.4, 0.5) is 5.69 Å². The number of amidine groups is 1. The fourth-order valence-corrected chi connectivity index (χ4v) is 2.33. The van der Waals surface area contributed by atoms with Crippen LogP contribution in [-0.2, 0) is 0 Å². The van der Waals surface area contributed by atoms with Crippen molar-refractivity contribution in [1.29, 1.82) is 0 Å². The molecule has 0 aromatic heterocycles. The number of likely N-dealkylation sites (N-methyl/N-ethyl adjacent to an activating group) is 1. The van der Waals surface area contributed by atoms with Gasteiger partial charge in [-0.05, 0) is 56.7 Å². The SMILES string of the molecule is C=CCNc1ccc(/C(C)=C/N=C(/C)N)cc1C(NC)C(=C)C. The quantitative estimate of drug-likeness (QED) is 0.388. The van der Waals surface area contributed by atoms with E-state index in [1.807, 2.05) is 27.0 Å². The molecule has 4 N–H and O–H groups in total. The van der Waals surface area contributed by atoms with Crippen LogP contribution in [0.1, 0.15) is 37.9 Å². The number of allylic oxidation sites excluding steroid dienone is 1. The van der Waals surface area contributed by atoms with Gasteiger partial charge < -0.3 is 16.4 Å². The second-order valence-electron chi connectivity index (χ2n) is 5.62. The van der Waals surface area contributed by atoms with Gasteiger partial charge in [0.1, 0.15) is 0 Å². The summed E-state index contributed by atoms with van der Waals surface area (Å²) in [5.41, 5.74) is 11.1. The van der Waals surface area contributed by atoms with Crippen LogP contribution < -0.4 is 16.4 Å². The van der Waals surface area contributed by atoms with Crippen LogP contribution in [0.3, 0.4) is 0 Å². The molecule has 1 unspecified atom stereocenters. The molecule has 0 aliphatic heterocycles. The maximum atomic E-state index is 5.60. The van der Waals surface area contributed by atoms with Crippen LogP contribution >= 0.6 is 0 Å². The molecule has 0 saturated heterocycles. The minimum atomic E-state index is 0.0785. The molecule has 0 fully saturated rings. The van der Waals surface area contributed by atoms with Gasteiger partial charge in [-0.3, -0.25) is 0 Å². The zero-order valence-corrected chi connectivity index (χ0v) is 14.6. The predicted octanol–water partition coefficient (Wildman–Crippen LogP) is 3.86. The summed E-state index contributed by atoms with van der Waals surface area (Å²) in [5.74, 6) is 0.545. The standard InChI is InChI=1S/C19H28N4/c1-7-10-22-18-9-8-16(14(4)12-23-15(5)20)11-17(18)19(21-6)13(2)3/h7-9,11-12,19,21-22H,1-2,10H2,3-6H3,(H2,20,23)/b14-12+. The van der Waals surface area contributed by atoms with Crippen molar-refractivity contribution in [2.24, 2.45) is 10.7 Å². The summed E-state index contributed by atoms with van der Waals surface area (Å²) in [6.07, 6.45) is 3.64. The lowest BCUT2D eigenvalue weighted by atomic mass is 9.95. The van der Waals surface area contributed by atoms with E-state index in [1.165, 1.54) is 0 Å². The number of nitrogens with two attached hydrogens (primary N) is 1. The second-order valence-corrected chi connectivity index (χ2v) is 5.62. The highest BCUT2D eigenvalue weighted by atomic mass is 14.9. The molecule has 0 radical (unpaired) electrons. The van der Waals surface area contributed by atoms with Gasteiger partial charge >= 0.3 is 0 Å². The van der Waals surface area contributed by atoms with Crippen LogP contribution in [0.5, 0.6) is 0 Å². The fourth-order valence-electron chi connectivity index (χ4n) is 2.33. The Morgan fingerprint density at radius 3 is 2.57 bits per heavy atom. The van der Waals surface area contributed by atoms with E-state index in [0.717, 1.165) is 28.0 Å². The summed E-state index contributed by atoms with van der Waals surface area (Å²) >= 11 is 0. The zero-order valence-electron chi connectivity index (χ0n) is 14.6. The maximum Gasteiger partial charge on any atom is 0.0957 e. The van der Waals surface area contributed by atoms with Crippen LogP contribution in [-0.4, -0.2) is 19.4 Å². The molecule has 1 atom stereocenters. The Bertz CT molecular complexity index is 622. The average Bonchev–Trinajstić information content (AvgIpc) is 2.51. The van der Waals surface area contributed by atoms with Gasteiger partial charge in [-0.1, -0.05) is 24.3 Å². The first-order valence-electron chi connectivity index (χ1n) is 7.69. The maximum absolute atomic E-state index is 5.60. The van der Waals surface area contributed by atoms with Crippen molar-refractivity contribution in [3.05, 3.63) is 60.3 Å². The fraction of sp³-hybridized carbons (Fsp3) is 0.316. The molecule has 4 nitrogen and oxygen atoms in total. The third-order valence-corrected chi connectivity index (χ3v) is 3.50. The van der Waals surface area contributed by atoms with Crippen molar-refractivity contribution in [3.8, 4) is 0 Å². The molecular weight excluding hydrogens is 284 g/mol. The molecule has 23 heavy (non-hydrogen) atoms. The summed E-state index contributed by atoms with van der Waals surface area (Å²) < 4.78 is 0. The number of nitrogens with one attached hydrogen (secondary N) is 2. The molecule has 0 amide bonds. The smallest absolute Gasteiger partial charge is 0.0957 e. The summed E-state index contributed by atoms with van der Waals surface area (Å²) in [7, 11) is 1.94. The molecule has 4 heteroatoms. The van der Waals surface area contributed by atoms with E-state index in [-0.39, 0.29) is 6.04 Å². The molecule has 0 heterocycles. The molecule has 124 valence electrons. The predicted molar refractivity (Wildman–Crippen MR) is 103 cm³/mol. The van der Waals surface area contributed by atoms with Gasteiger partial charge in [0, 0.05) is 18.4 Å². The van der Waals surface area contributed by atoms with Crippen molar-refractivity contribution in [2.45, 2.75) is 26.8 Å². The van der Waals surface area contributed by atoms with E-state index >= 15 is 0 Å². The molecular formula is C19H28N4. The molecule has 0 aliphatic rings. The first kappa shape index (κ1) is 18.7. The minimum Gasteiger partial charge on any atom is -0.387 e. The van der Waals surface area contributed by atoms with Crippen molar-refractivity contribution in [2.75, 3.05) is 18.9 Å². The summed E-state index contributed by atoms with van der Waals surface area (Å²) in [4.78, 5) is 4.17. The van der Waals surface area contributed by atoms with Gasteiger partial charge in [-0.25, -0.2) is 4.99 Å². The van der Waals surface area contributed by atoms with E-state index in [4.69, 9.17) is 5.73 Å². The lowest BCUT2D eigenvalue weighted by molar-refractivity contribution is 0.681. The van der Waals surface area contributed by atoms with Gasteiger partial charge in [-0.2, -0.15) is 0 Å². The number of benzene rings is 1. The van der Waals surface area contributed by atoms with Crippen molar-refractivity contribution >= 4 is 17.1 Å². The second kappa shape index (κ2) is 8.96. The first-order chi connectivity index (χ1) is 10.9. The third kappa shape index (κ3) is 5.42. The summed E-state index contributed by atoms with van der Waals surface area (Å²) in [6, 6.07) is 6.40. The number of nitrogens with zero attached hydrogens (tertiary/aromatic N) is 1. The summed E-state index contributed by atoms with van der Waals surface area (Å²) in [6.45, 7) is 14.4. The molecule has 1 aromatic rings. The van der Waals surface area contributed by atoms with Crippen LogP contribution in [0, 0.1) is 0 Å². The molecule has 1 rings (SSSR count). The third-order valence-electron chi connectivity index (χ3n) is 3.50. The highest BCUT2D eigenvalue weighted by Gasteiger charge is 2.15. The monoisotopic (exact) mass is 312 g/mol. The number of anilines is 1.